The van der Waals surface area contributed by atoms with Crippen LogP contribution in [0.3, 0.4) is 0 Å². The lowest BCUT2D eigenvalue weighted by Crippen LogP contribution is -2.30. The van der Waals surface area contributed by atoms with E-state index in [-0.39, 0.29) is 12.4 Å². The summed E-state index contributed by atoms with van der Waals surface area (Å²) in [5.41, 5.74) is 1.43. The van der Waals surface area contributed by atoms with Crippen LogP contribution in [0.15, 0.2) is 63.7 Å². The van der Waals surface area contributed by atoms with Crippen molar-refractivity contribution in [3.8, 4) is 11.3 Å². The molecule has 1 amide bonds. The van der Waals surface area contributed by atoms with Gasteiger partial charge >= 0.3 is 0 Å². The van der Waals surface area contributed by atoms with Gasteiger partial charge in [0.1, 0.15) is 17.5 Å². The molecular weight excluding hydrogens is 284 g/mol. The number of rotatable bonds is 5. The highest BCUT2D eigenvalue weighted by Gasteiger charge is 2.20. The van der Waals surface area contributed by atoms with Gasteiger partial charge in [0, 0.05) is 11.6 Å². The predicted octanol–water partition coefficient (Wildman–Crippen LogP) is 2.40. The van der Waals surface area contributed by atoms with Gasteiger partial charge < -0.3 is 19.4 Å². The Morgan fingerprint density at radius 2 is 2.05 bits per heavy atom. The van der Waals surface area contributed by atoms with E-state index in [0.717, 1.165) is 5.56 Å². The molecule has 0 aliphatic rings. The molecule has 2 aromatic heterocycles. The Bertz CT molecular complexity index is 735. The number of aliphatic hydroxyl groups excluding tert-OH is 1. The van der Waals surface area contributed by atoms with E-state index >= 15 is 0 Å². The van der Waals surface area contributed by atoms with E-state index in [0.29, 0.717) is 11.5 Å². The number of furan rings is 1. The van der Waals surface area contributed by atoms with Gasteiger partial charge in [0.2, 0.25) is 5.76 Å². The highest BCUT2D eigenvalue weighted by atomic mass is 16.5. The van der Waals surface area contributed by atoms with Crippen molar-refractivity contribution >= 4 is 5.91 Å². The molecule has 0 aliphatic carbocycles. The zero-order valence-corrected chi connectivity index (χ0v) is 11.6. The van der Waals surface area contributed by atoms with E-state index in [2.05, 4.69) is 10.5 Å². The molecule has 1 atom stereocenters. The van der Waals surface area contributed by atoms with Gasteiger partial charge in [-0.05, 0) is 12.1 Å². The summed E-state index contributed by atoms with van der Waals surface area (Å²) in [4.78, 5) is 12.2. The molecule has 112 valence electrons. The third-order valence-corrected chi connectivity index (χ3v) is 3.18. The van der Waals surface area contributed by atoms with Crippen molar-refractivity contribution in [3.05, 3.63) is 66.3 Å². The van der Waals surface area contributed by atoms with Crippen LogP contribution >= 0.6 is 0 Å². The molecule has 6 nitrogen and oxygen atoms in total. The Balaban J connectivity index is 1.74. The molecule has 0 spiro atoms. The maximum Gasteiger partial charge on any atom is 0.290 e. The van der Waals surface area contributed by atoms with Crippen LogP contribution in [0.4, 0.5) is 0 Å². The normalized spacial score (nSPS) is 12.0. The van der Waals surface area contributed by atoms with Crippen molar-refractivity contribution in [3.63, 3.8) is 0 Å². The summed E-state index contributed by atoms with van der Waals surface area (Å²) in [6, 6.07) is 13.7. The molecule has 3 aromatic rings. The lowest BCUT2D eigenvalue weighted by molar-refractivity contribution is 0.0870. The van der Waals surface area contributed by atoms with E-state index in [1.807, 2.05) is 30.3 Å². The summed E-state index contributed by atoms with van der Waals surface area (Å²) >= 11 is 0. The molecule has 1 aromatic carbocycles. The van der Waals surface area contributed by atoms with Crippen LogP contribution in [0.2, 0.25) is 0 Å². The number of carbonyl (C=O) groups excluding carboxylic acids is 1. The lowest BCUT2D eigenvalue weighted by Gasteiger charge is -2.12. The zero-order valence-electron chi connectivity index (χ0n) is 11.6. The van der Waals surface area contributed by atoms with Crippen molar-refractivity contribution < 1.29 is 18.8 Å². The Morgan fingerprint density at radius 1 is 1.23 bits per heavy atom. The summed E-state index contributed by atoms with van der Waals surface area (Å²) < 4.78 is 10.2. The molecule has 6 heteroatoms. The maximum atomic E-state index is 12.2. The maximum absolute atomic E-state index is 12.2. The average molecular weight is 298 g/mol. The second-order valence-corrected chi connectivity index (χ2v) is 4.67. The molecule has 2 heterocycles. The lowest BCUT2D eigenvalue weighted by atomic mass is 10.1. The van der Waals surface area contributed by atoms with Gasteiger partial charge in [-0.2, -0.15) is 0 Å². The van der Waals surface area contributed by atoms with E-state index in [1.54, 1.807) is 18.2 Å². The van der Waals surface area contributed by atoms with Crippen molar-refractivity contribution in [1.82, 2.24) is 10.5 Å². The van der Waals surface area contributed by atoms with Crippen molar-refractivity contribution in [2.45, 2.75) is 6.04 Å². The van der Waals surface area contributed by atoms with E-state index in [4.69, 9.17) is 8.94 Å². The van der Waals surface area contributed by atoms with Gasteiger partial charge in [-0.3, -0.25) is 4.79 Å². The molecule has 3 rings (SSSR count). The van der Waals surface area contributed by atoms with Gasteiger partial charge in [-0.1, -0.05) is 35.5 Å². The van der Waals surface area contributed by atoms with Crippen molar-refractivity contribution in [1.29, 1.82) is 0 Å². The third-order valence-electron chi connectivity index (χ3n) is 3.18. The first kappa shape index (κ1) is 14.1. The Hall–Kier alpha value is -2.86. The largest absolute Gasteiger partial charge is 0.467 e. The van der Waals surface area contributed by atoms with Crippen LogP contribution in [0.25, 0.3) is 11.3 Å². The Labute approximate surface area is 126 Å². The molecule has 2 N–H and O–H groups in total. The average Bonchev–Trinajstić information content (AvgIpc) is 3.24. The second-order valence-electron chi connectivity index (χ2n) is 4.67. The monoisotopic (exact) mass is 298 g/mol. The summed E-state index contributed by atoms with van der Waals surface area (Å²) in [6.07, 6.45) is 1.48. The van der Waals surface area contributed by atoms with Crippen molar-refractivity contribution in [2.24, 2.45) is 0 Å². The molecule has 0 bridgehead atoms. The topological polar surface area (TPSA) is 88.5 Å². The van der Waals surface area contributed by atoms with Gasteiger partial charge in [-0.25, -0.2) is 0 Å². The molecule has 0 saturated carbocycles. The number of hydrogen-bond donors (Lipinski definition) is 2. The molecular formula is C16H14N2O4. The molecule has 22 heavy (non-hydrogen) atoms. The first-order valence-corrected chi connectivity index (χ1v) is 6.75. The highest BCUT2D eigenvalue weighted by molar-refractivity contribution is 5.92. The first-order chi connectivity index (χ1) is 10.8. The van der Waals surface area contributed by atoms with Gasteiger partial charge in [0.25, 0.3) is 5.91 Å². The highest BCUT2D eigenvalue weighted by Crippen LogP contribution is 2.19. The van der Waals surface area contributed by atoms with Crippen LogP contribution in [-0.4, -0.2) is 22.8 Å². The van der Waals surface area contributed by atoms with Gasteiger partial charge in [0.15, 0.2) is 0 Å². The van der Waals surface area contributed by atoms with E-state index < -0.39 is 11.9 Å². The summed E-state index contributed by atoms with van der Waals surface area (Å²) in [5, 5.41) is 15.9. The predicted molar refractivity (Wildman–Crippen MR) is 77.9 cm³/mol. The van der Waals surface area contributed by atoms with E-state index in [1.165, 1.54) is 6.26 Å². The van der Waals surface area contributed by atoms with Gasteiger partial charge in [-0.15, -0.1) is 0 Å². The molecule has 0 saturated heterocycles. The number of carbonyl (C=O) groups is 1. The van der Waals surface area contributed by atoms with Crippen LogP contribution < -0.4 is 5.32 Å². The Morgan fingerprint density at radius 3 is 2.73 bits per heavy atom. The number of hydrogen-bond acceptors (Lipinski definition) is 5. The number of aliphatic hydroxyl groups is 1. The molecule has 0 aliphatic heterocycles. The SMILES string of the molecule is O=C(NC(CO)c1ccco1)c1cc(-c2ccccc2)no1. The van der Waals surface area contributed by atoms with Crippen LogP contribution in [0, 0.1) is 0 Å². The molecule has 0 fully saturated rings. The standard InChI is InChI=1S/C16H14N2O4/c19-10-13(14-7-4-8-21-14)17-16(20)15-9-12(18-22-15)11-5-2-1-3-6-11/h1-9,13,19H,10H2,(H,17,20). The molecule has 1 unspecified atom stereocenters. The smallest absolute Gasteiger partial charge is 0.290 e. The van der Waals surface area contributed by atoms with Crippen LogP contribution in [0.1, 0.15) is 22.4 Å². The Kier molecular flexibility index (Phi) is 4.02. The first-order valence-electron chi connectivity index (χ1n) is 6.75. The minimum absolute atomic E-state index is 0.0730. The minimum Gasteiger partial charge on any atom is -0.467 e. The summed E-state index contributed by atoms with van der Waals surface area (Å²) in [6.45, 7) is -0.279. The summed E-state index contributed by atoms with van der Waals surface area (Å²) in [5.74, 6) is 0.0765. The van der Waals surface area contributed by atoms with Gasteiger partial charge in [0.05, 0.1) is 12.9 Å². The fourth-order valence-corrected chi connectivity index (χ4v) is 2.05. The minimum atomic E-state index is -0.632. The van der Waals surface area contributed by atoms with Crippen LogP contribution in [0.5, 0.6) is 0 Å². The number of aromatic nitrogens is 1. The zero-order chi connectivity index (χ0) is 15.4. The number of nitrogens with one attached hydrogen (secondary N) is 1. The fourth-order valence-electron chi connectivity index (χ4n) is 2.05. The quantitative estimate of drug-likeness (QED) is 0.755. The number of nitrogens with zero attached hydrogens (tertiary/aromatic N) is 1. The number of amides is 1. The fraction of sp³-hybridized carbons (Fsp3) is 0.125. The summed E-state index contributed by atoms with van der Waals surface area (Å²) in [7, 11) is 0. The second kappa shape index (κ2) is 6.28. The van der Waals surface area contributed by atoms with Crippen LogP contribution in [-0.2, 0) is 0 Å². The van der Waals surface area contributed by atoms with Crippen molar-refractivity contribution in [2.75, 3.05) is 6.61 Å². The number of benzene rings is 1. The van der Waals surface area contributed by atoms with E-state index in [9.17, 15) is 9.90 Å². The third kappa shape index (κ3) is 2.91. The molecule has 0 radical (unpaired) electrons.